The number of hydrogen-bond donors (Lipinski definition) is 0. The second-order valence-corrected chi connectivity index (χ2v) is 10.4. The summed E-state index contributed by atoms with van der Waals surface area (Å²) < 4.78 is 0. The van der Waals surface area contributed by atoms with Crippen molar-refractivity contribution in [1.82, 2.24) is 0 Å². The Kier molecular flexibility index (Phi) is 13.5. The lowest BCUT2D eigenvalue weighted by atomic mass is 9.74. The van der Waals surface area contributed by atoms with E-state index in [0.717, 1.165) is 29.6 Å². The van der Waals surface area contributed by atoms with Crippen LogP contribution in [0.1, 0.15) is 131 Å². The Morgan fingerprint density at radius 1 is 0.852 bits per heavy atom. The van der Waals surface area contributed by atoms with Gasteiger partial charge in [0, 0.05) is 0 Å². The van der Waals surface area contributed by atoms with E-state index in [4.69, 9.17) is 0 Å². The molecule has 0 heterocycles. The summed E-state index contributed by atoms with van der Waals surface area (Å²) in [7, 11) is 0. The zero-order valence-electron chi connectivity index (χ0n) is 19.7. The van der Waals surface area contributed by atoms with Gasteiger partial charge in [0.25, 0.3) is 0 Å². The normalized spacial score (nSPS) is 24.3. The second kappa shape index (κ2) is 14.7. The number of rotatable bonds is 15. The van der Waals surface area contributed by atoms with E-state index in [1.165, 1.54) is 102 Å². The largest absolute Gasteiger partial charge is 0.0996 e. The van der Waals surface area contributed by atoms with E-state index in [0.29, 0.717) is 0 Å². The van der Waals surface area contributed by atoms with Crippen molar-refractivity contribution in [3.8, 4) is 0 Å². The van der Waals surface area contributed by atoms with Crippen LogP contribution < -0.4 is 0 Å². The molecular weight excluding hydrogens is 324 g/mol. The summed E-state index contributed by atoms with van der Waals surface area (Å²) in [4.78, 5) is 0. The molecule has 1 aliphatic carbocycles. The molecule has 0 nitrogen and oxygen atoms in total. The van der Waals surface area contributed by atoms with Crippen molar-refractivity contribution in [3.63, 3.8) is 0 Å². The first-order chi connectivity index (χ1) is 12.9. The van der Waals surface area contributed by atoms with Crippen LogP contribution in [-0.4, -0.2) is 0 Å². The molecule has 0 heteroatoms. The summed E-state index contributed by atoms with van der Waals surface area (Å²) in [6.07, 6.45) is 21.4. The van der Waals surface area contributed by atoms with Gasteiger partial charge < -0.3 is 0 Å². The zero-order valence-corrected chi connectivity index (χ0v) is 19.7. The molecule has 0 spiro atoms. The van der Waals surface area contributed by atoms with Crippen LogP contribution in [0.5, 0.6) is 0 Å². The van der Waals surface area contributed by atoms with Crippen molar-refractivity contribution in [1.29, 1.82) is 0 Å². The maximum atomic E-state index is 4.42. The van der Waals surface area contributed by atoms with E-state index < -0.39 is 0 Å². The molecule has 0 aromatic carbocycles. The molecule has 0 bridgehead atoms. The van der Waals surface area contributed by atoms with Gasteiger partial charge >= 0.3 is 0 Å². The molecule has 1 fully saturated rings. The maximum absolute atomic E-state index is 4.42. The lowest BCUT2D eigenvalue weighted by Gasteiger charge is -2.32. The van der Waals surface area contributed by atoms with Crippen molar-refractivity contribution in [2.24, 2.45) is 29.6 Å². The lowest BCUT2D eigenvalue weighted by Crippen LogP contribution is -2.20. The number of unbranched alkanes of at least 4 members (excludes halogenated alkanes) is 6. The Morgan fingerprint density at radius 2 is 1.48 bits per heavy atom. The highest BCUT2D eigenvalue weighted by molar-refractivity contribution is 5.00. The Bertz CT molecular complexity index is 366. The van der Waals surface area contributed by atoms with Crippen molar-refractivity contribution >= 4 is 0 Å². The molecule has 0 saturated heterocycles. The van der Waals surface area contributed by atoms with Gasteiger partial charge in [-0.05, 0) is 61.7 Å². The van der Waals surface area contributed by atoms with Crippen LogP contribution in [0.15, 0.2) is 12.2 Å². The van der Waals surface area contributed by atoms with Gasteiger partial charge in [-0.3, -0.25) is 0 Å². The highest BCUT2D eigenvalue weighted by Gasteiger charge is 2.23. The second-order valence-electron chi connectivity index (χ2n) is 10.4. The van der Waals surface area contributed by atoms with Crippen LogP contribution in [0.4, 0.5) is 0 Å². The fourth-order valence-corrected chi connectivity index (χ4v) is 5.03. The molecule has 0 aromatic rings. The smallest absolute Gasteiger partial charge is 0.0208 e. The van der Waals surface area contributed by atoms with Crippen LogP contribution >= 0.6 is 0 Å². The average Bonchev–Trinajstić information content (AvgIpc) is 2.63. The van der Waals surface area contributed by atoms with Gasteiger partial charge in [0.1, 0.15) is 0 Å². The fraction of sp³-hybridized carbons (Fsp3) is 0.926. The summed E-state index contributed by atoms with van der Waals surface area (Å²) in [6.45, 7) is 16.4. The van der Waals surface area contributed by atoms with Crippen molar-refractivity contribution in [2.45, 2.75) is 131 Å². The number of allylic oxidation sites excluding steroid dienone is 1. The molecule has 4 atom stereocenters. The Labute approximate surface area is 173 Å². The standard InChI is InChI=1S/C27H52/c1-7-27(20-17-22(2)3)24(5)15-13-11-9-8-10-12-14-16-26-19-18-23(4)25(6)21-26/h22-23,25-27H,5,7-21H2,1-4,6H3. The lowest BCUT2D eigenvalue weighted by molar-refractivity contribution is 0.197. The van der Waals surface area contributed by atoms with Gasteiger partial charge in [-0.1, -0.05) is 111 Å². The Hall–Kier alpha value is -0.260. The summed E-state index contributed by atoms with van der Waals surface area (Å²) in [5.74, 6) is 4.59. The van der Waals surface area contributed by atoms with Gasteiger partial charge in [-0.2, -0.15) is 0 Å². The minimum Gasteiger partial charge on any atom is -0.0996 e. The minimum absolute atomic E-state index is 0.776. The van der Waals surface area contributed by atoms with Gasteiger partial charge in [0.05, 0.1) is 0 Å². The van der Waals surface area contributed by atoms with Crippen LogP contribution in [0.2, 0.25) is 0 Å². The Morgan fingerprint density at radius 3 is 2.07 bits per heavy atom. The molecule has 0 amide bonds. The first kappa shape index (κ1) is 24.8. The molecule has 1 saturated carbocycles. The minimum atomic E-state index is 0.776. The highest BCUT2D eigenvalue weighted by atomic mass is 14.3. The van der Waals surface area contributed by atoms with E-state index in [-0.39, 0.29) is 0 Å². The Balaban J connectivity index is 1.94. The summed E-state index contributed by atoms with van der Waals surface area (Å²) in [6, 6.07) is 0. The van der Waals surface area contributed by atoms with Gasteiger partial charge in [-0.15, -0.1) is 0 Å². The van der Waals surface area contributed by atoms with E-state index in [1.54, 1.807) is 0 Å². The summed E-state index contributed by atoms with van der Waals surface area (Å²) in [5, 5.41) is 0. The first-order valence-electron chi connectivity index (χ1n) is 12.6. The third-order valence-electron chi connectivity index (χ3n) is 7.48. The molecule has 0 radical (unpaired) electrons. The topological polar surface area (TPSA) is 0 Å². The molecule has 0 N–H and O–H groups in total. The number of hydrogen-bond acceptors (Lipinski definition) is 0. The fourth-order valence-electron chi connectivity index (χ4n) is 5.03. The van der Waals surface area contributed by atoms with Gasteiger partial charge in [0.2, 0.25) is 0 Å². The molecule has 160 valence electrons. The molecule has 0 aliphatic heterocycles. The predicted octanol–water partition coefficient (Wildman–Crippen LogP) is 9.59. The van der Waals surface area contributed by atoms with E-state index in [1.807, 2.05) is 0 Å². The van der Waals surface area contributed by atoms with Crippen molar-refractivity contribution < 1.29 is 0 Å². The molecule has 27 heavy (non-hydrogen) atoms. The summed E-state index contributed by atoms with van der Waals surface area (Å²) in [5.41, 5.74) is 1.54. The predicted molar refractivity (Wildman–Crippen MR) is 124 cm³/mol. The average molecular weight is 377 g/mol. The van der Waals surface area contributed by atoms with Crippen LogP contribution in [0.25, 0.3) is 0 Å². The maximum Gasteiger partial charge on any atom is -0.0208 e. The molecule has 0 aromatic heterocycles. The van der Waals surface area contributed by atoms with Crippen LogP contribution in [0.3, 0.4) is 0 Å². The molecule has 4 unspecified atom stereocenters. The third kappa shape index (κ3) is 11.4. The third-order valence-corrected chi connectivity index (χ3v) is 7.48. The van der Waals surface area contributed by atoms with Crippen LogP contribution in [-0.2, 0) is 0 Å². The monoisotopic (exact) mass is 376 g/mol. The highest BCUT2D eigenvalue weighted by Crippen LogP contribution is 2.35. The van der Waals surface area contributed by atoms with E-state index in [9.17, 15) is 0 Å². The molecule has 1 rings (SSSR count). The first-order valence-corrected chi connectivity index (χ1v) is 12.6. The van der Waals surface area contributed by atoms with E-state index >= 15 is 0 Å². The summed E-state index contributed by atoms with van der Waals surface area (Å²) >= 11 is 0. The quantitative estimate of drug-likeness (QED) is 0.197. The van der Waals surface area contributed by atoms with Crippen molar-refractivity contribution in [3.05, 3.63) is 12.2 Å². The molecule has 1 aliphatic rings. The van der Waals surface area contributed by atoms with Crippen LogP contribution in [0, 0.1) is 29.6 Å². The van der Waals surface area contributed by atoms with Crippen molar-refractivity contribution in [2.75, 3.05) is 0 Å². The van der Waals surface area contributed by atoms with Gasteiger partial charge in [-0.25, -0.2) is 0 Å². The zero-order chi connectivity index (χ0) is 20.1. The van der Waals surface area contributed by atoms with Gasteiger partial charge in [0.15, 0.2) is 0 Å². The van der Waals surface area contributed by atoms with E-state index in [2.05, 4.69) is 41.2 Å². The molecular formula is C27H52. The SMILES string of the molecule is C=C(CCCCCCCCCC1CCC(C)C(C)C1)C(CC)CCC(C)C.